The highest BCUT2D eigenvalue weighted by molar-refractivity contribution is 5.94. The molecule has 3 aromatic rings. The summed E-state index contributed by atoms with van der Waals surface area (Å²) in [6, 6.07) is 20.4. The van der Waals surface area contributed by atoms with E-state index in [9.17, 15) is 14.4 Å². The summed E-state index contributed by atoms with van der Waals surface area (Å²) in [5, 5.41) is 2.93. The Labute approximate surface area is 181 Å². The topological polar surface area (TPSA) is 71.4 Å². The first-order valence-corrected chi connectivity index (χ1v) is 10.5. The Balaban J connectivity index is 1.29. The van der Waals surface area contributed by atoms with Gasteiger partial charge in [0, 0.05) is 43.9 Å². The third-order valence-corrected chi connectivity index (χ3v) is 5.49. The van der Waals surface area contributed by atoms with Crippen LogP contribution in [0.25, 0.3) is 0 Å². The first-order chi connectivity index (χ1) is 15.1. The van der Waals surface area contributed by atoms with Crippen molar-refractivity contribution in [3.8, 4) is 0 Å². The zero-order valence-electron chi connectivity index (χ0n) is 17.3. The van der Waals surface area contributed by atoms with Gasteiger partial charge < -0.3 is 14.8 Å². The minimum atomic E-state index is -0.135. The summed E-state index contributed by atoms with van der Waals surface area (Å²) in [4.78, 5) is 37.9. The van der Waals surface area contributed by atoms with E-state index in [2.05, 4.69) is 5.32 Å². The molecule has 0 spiro atoms. The molecule has 31 heavy (non-hydrogen) atoms. The second-order valence-corrected chi connectivity index (χ2v) is 7.78. The number of rotatable bonds is 7. The van der Waals surface area contributed by atoms with Crippen molar-refractivity contribution < 1.29 is 9.59 Å². The first-order valence-electron chi connectivity index (χ1n) is 10.5. The van der Waals surface area contributed by atoms with E-state index >= 15 is 0 Å². The fraction of sp³-hybridized carbons (Fsp3) is 0.240. The predicted octanol–water partition coefficient (Wildman–Crippen LogP) is 2.95. The Kier molecular flexibility index (Phi) is 6.26. The Bertz CT molecular complexity index is 1120. The highest BCUT2D eigenvalue weighted by Gasteiger charge is 2.20. The Hall–Kier alpha value is -3.67. The van der Waals surface area contributed by atoms with Crippen LogP contribution in [0.5, 0.6) is 0 Å². The van der Waals surface area contributed by atoms with Crippen molar-refractivity contribution in [2.45, 2.75) is 32.5 Å². The lowest BCUT2D eigenvalue weighted by Gasteiger charge is -2.15. The normalized spacial score (nSPS) is 13.4. The van der Waals surface area contributed by atoms with E-state index in [1.54, 1.807) is 35.0 Å². The van der Waals surface area contributed by atoms with Crippen LogP contribution in [0.15, 0.2) is 77.7 Å². The second kappa shape index (κ2) is 9.43. The quantitative estimate of drug-likeness (QED) is 0.645. The number of carbonyl (C=O) groups is 2. The number of amides is 2. The van der Waals surface area contributed by atoms with Gasteiger partial charge in [0.05, 0.1) is 6.54 Å². The monoisotopic (exact) mass is 415 g/mol. The predicted molar refractivity (Wildman–Crippen MR) is 119 cm³/mol. The largest absolute Gasteiger partial charge is 0.348 e. The first kappa shape index (κ1) is 20.6. The number of aromatic nitrogens is 1. The van der Waals surface area contributed by atoms with Gasteiger partial charge in [-0.15, -0.1) is 0 Å². The molecule has 4 rings (SSSR count). The lowest BCUT2D eigenvalue weighted by Crippen LogP contribution is -2.24. The highest BCUT2D eigenvalue weighted by atomic mass is 16.2. The van der Waals surface area contributed by atoms with Crippen molar-refractivity contribution in [1.29, 1.82) is 0 Å². The molecule has 1 N–H and O–H groups in total. The molecule has 0 saturated carbocycles. The molecular weight excluding hydrogens is 390 g/mol. The number of carbonyl (C=O) groups excluding carboxylic acids is 2. The molecule has 0 bridgehead atoms. The molecule has 0 unspecified atom stereocenters. The molecule has 2 aromatic carbocycles. The zero-order chi connectivity index (χ0) is 21.6. The van der Waals surface area contributed by atoms with Crippen LogP contribution in [-0.2, 0) is 24.4 Å². The summed E-state index contributed by atoms with van der Waals surface area (Å²) < 4.78 is 1.65. The summed E-state index contributed by atoms with van der Waals surface area (Å²) in [6.07, 6.45) is 3.32. The molecule has 2 amide bonds. The van der Waals surface area contributed by atoms with Crippen molar-refractivity contribution >= 4 is 11.8 Å². The average Bonchev–Trinajstić information content (AvgIpc) is 3.19. The van der Waals surface area contributed by atoms with Crippen molar-refractivity contribution in [3.05, 3.63) is 106 Å². The van der Waals surface area contributed by atoms with Crippen LogP contribution in [0.1, 0.15) is 39.9 Å². The van der Waals surface area contributed by atoms with E-state index in [0.717, 1.165) is 29.7 Å². The van der Waals surface area contributed by atoms with Crippen molar-refractivity contribution in [2.24, 2.45) is 0 Å². The van der Waals surface area contributed by atoms with Crippen LogP contribution < -0.4 is 10.9 Å². The SMILES string of the molecule is O=C(NCc1ccc(Cn2ccccc2=O)cc1)c1ccc(CN2CCCC2=O)cc1. The van der Waals surface area contributed by atoms with E-state index in [1.165, 1.54) is 0 Å². The van der Waals surface area contributed by atoms with Gasteiger partial charge in [0.25, 0.3) is 11.5 Å². The Morgan fingerprint density at radius 3 is 2.19 bits per heavy atom. The summed E-state index contributed by atoms with van der Waals surface area (Å²) in [5.41, 5.74) is 3.60. The number of hydrogen-bond acceptors (Lipinski definition) is 3. The van der Waals surface area contributed by atoms with Gasteiger partial charge in [0.1, 0.15) is 0 Å². The van der Waals surface area contributed by atoms with E-state index in [4.69, 9.17) is 0 Å². The van der Waals surface area contributed by atoms with Crippen molar-refractivity contribution in [2.75, 3.05) is 6.54 Å². The lowest BCUT2D eigenvalue weighted by atomic mass is 10.1. The molecule has 6 nitrogen and oxygen atoms in total. The molecule has 1 aromatic heterocycles. The molecule has 1 fully saturated rings. The number of pyridine rings is 1. The van der Waals surface area contributed by atoms with Gasteiger partial charge in [0.2, 0.25) is 5.91 Å². The smallest absolute Gasteiger partial charge is 0.251 e. The van der Waals surface area contributed by atoms with Crippen LogP contribution in [-0.4, -0.2) is 27.8 Å². The van der Waals surface area contributed by atoms with Crippen molar-refractivity contribution in [3.63, 3.8) is 0 Å². The average molecular weight is 415 g/mol. The molecule has 2 heterocycles. The maximum absolute atomic E-state index is 12.5. The molecule has 158 valence electrons. The van der Waals surface area contributed by atoms with Crippen LogP contribution in [0, 0.1) is 0 Å². The van der Waals surface area contributed by atoms with Crippen LogP contribution in [0.3, 0.4) is 0 Å². The van der Waals surface area contributed by atoms with Crippen LogP contribution >= 0.6 is 0 Å². The Morgan fingerprint density at radius 2 is 1.52 bits per heavy atom. The van der Waals surface area contributed by atoms with E-state index in [0.29, 0.717) is 31.6 Å². The molecular formula is C25H25N3O3. The molecule has 1 aliphatic heterocycles. The molecule has 0 atom stereocenters. The van der Waals surface area contributed by atoms with Crippen LogP contribution in [0.4, 0.5) is 0 Å². The summed E-state index contributed by atoms with van der Waals surface area (Å²) >= 11 is 0. The standard InChI is InChI=1S/C25H25N3O3/c29-23-4-1-2-14-27(23)17-20-8-6-19(7-9-20)16-26-25(31)22-12-10-21(11-13-22)18-28-15-3-5-24(28)30/h1-2,4,6-14H,3,5,15-18H2,(H,26,31). The minimum absolute atomic E-state index is 0.0307. The van der Waals surface area contributed by atoms with Crippen molar-refractivity contribution in [1.82, 2.24) is 14.8 Å². The number of nitrogens with zero attached hydrogens (tertiary/aromatic N) is 2. The minimum Gasteiger partial charge on any atom is -0.348 e. The molecule has 0 radical (unpaired) electrons. The number of hydrogen-bond donors (Lipinski definition) is 1. The maximum Gasteiger partial charge on any atom is 0.251 e. The molecule has 1 saturated heterocycles. The lowest BCUT2D eigenvalue weighted by molar-refractivity contribution is -0.128. The highest BCUT2D eigenvalue weighted by Crippen LogP contribution is 2.15. The number of benzene rings is 2. The molecule has 0 aliphatic carbocycles. The van der Waals surface area contributed by atoms with Gasteiger partial charge >= 0.3 is 0 Å². The molecule has 1 aliphatic rings. The third-order valence-electron chi connectivity index (χ3n) is 5.49. The van der Waals surface area contributed by atoms with Gasteiger partial charge in [-0.3, -0.25) is 14.4 Å². The maximum atomic E-state index is 12.5. The molecule has 6 heteroatoms. The van der Waals surface area contributed by atoms with Gasteiger partial charge in [-0.25, -0.2) is 0 Å². The van der Waals surface area contributed by atoms with Gasteiger partial charge in [-0.2, -0.15) is 0 Å². The summed E-state index contributed by atoms with van der Waals surface area (Å²) in [5.74, 6) is 0.0624. The van der Waals surface area contributed by atoms with E-state index < -0.39 is 0 Å². The van der Waals surface area contributed by atoms with Gasteiger partial charge in [-0.1, -0.05) is 42.5 Å². The fourth-order valence-corrected chi connectivity index (χ4v) is 3.69. The Morgan fingerprint density at radius 1 is 0.839 bits per heavy atom. The van der Waals surface area contributed by atoms with E-state index in [1.807, 2.05) is 47.4 Å². The second-order valence-electron chi connectivity index (χ2n) is 7.78. The summed E-state index contributed by atoms with van der Waals surface area (Å²) in [7, 11) is 0. The van der Waals surface area contributed by atoms with Crippen LogP contribution in [0.2, 0.25) is 0 Å². The third kappa shape index (κ3) is 5.28. The van der Waals surface area contributed by atoms with Gasteiger partial charge in [0.15, 0.2) is 0 Å². The number of nitrogens with one attached hydrogen (secondary N) is 1. The fourth-order valence-electron chi connectivity index (χ4n) is 3.69. The zero-order valence-corrected chi connectivity index (χ0v) is 17.3. The number of likely N-dealkylation sites (tertiary alicyclic amines) is 1. The summed E-state index contributed by atoms with van der Waals surface area (Å²) in [6.45, 7) is 2.35. The van der Waals surface area contributed by atoms with Gasteiger partial charge in [-0.05, 0) is 41.3 Å². The van der Waals surface area contributed by atoms with E-state index in [-0.39, 0.29) is 17.4 Å².